The Morgan fingerprint density at radius 2 is 2.11 bits per heavy atom. The van der Waals surface area contributed by atoms with E-state index in [4.69, 9.17) is 4.74 Å². The molecule has 9 heteroatoms. The van der Waals surface area contributed by atoms with Crippen LogP contribution in [0.1, 0.15) is 28.8 Å². The zero-order valence-electron chi connectivity index (χ0n) is 10.0. The molecule has 0 aliphatic carbocycles. The summed E-state index contributed by atoms with van der Waals surface area (Å²) >= 11 is 0. The maximum absolute atomic E-state index is 12.4. The second kappa shape index (κ2) is 4.48. The lowest BCUT2D eigenvalue weighted by Crippen LogP contribution is -2.10. The third-order valence-electron chi connectivity index (χ3n) is 2.27. The van der Waals surface area contributed by atoms with Gasteiger partial charge in [-0.3, -0.25) is 0 Å². The standard InChI is InChI=1S/C10H9F3N4O2/c1-3-19-7(18)6-4-17-9(14-5(6)2)15-8(16-17)10(11,12)13/h4H,3H2,1-2H3. The van der Waals surface area contributed by atoms with Crippen molar-refractivity contribution in [1.82, 2.24) is 19.6 Å². The summed E-state index contributed by atoms with van der Waals surface area (Å²) in [7, 11) is 0. The molecular weight excluding hydrogens is 265 g/mol. The van der Waals surface area contributed by atoms with Crippen molar-refractivity contribution in [3.8, 4) is 0 Å². The minimum Gasteiger partial charge on any atom is -0.462 e. The van der Waals surface area contributed by atoms with Gasteiger partial charge in [-0.25, -0.2) is 14.3 Å². The molecule has 0 amide bonds. The highest BCUT2D eigenvalue weighted by atomic mass is 19.4. The van der Waals surface area contributed by atoms with Crippen LogP contribution in [-0.4, -0.2) is 32.2 Å². The summed E-state index contributed by atoms with van der Waals surface area (Å²) in [5, 5.41) is 3.24. The van der Waals surface area contributed by atoms with E-state index in [1.54, 1.807) is 6.92 Å². The van der Waals surface area contributed by atoms with Gasteiger partial charge in [0.15, 0.2) is 0 Å². The molecule has 0 saturated carbocycles. The summed E-state index contributed by atoms with van der Waals surface area (Å²) in [5.74, 6) is -2.20. The van der Waals surface area contributed by atoms with E-state index in [-0.39, 0.29) is 23.6 Å². The molecule has 102 valence electrons. The van der Waals surface area contributed by atoms with Gasteiger partial charge in [-0.2, -0.15) is 18.2 Å². The summed E-state index contributed by atoms with van der Waals surface area (Å²) in [6, 6.07) is 0. The molecule has 0 radical (unpaired) electrons. The zero-order valence-corrected chi connectivity index (χ0v) is 10.0. The Morgan fingerprint density at radius 1 is 1.42 bits per heavy atom. The second-order valence-corrected chi connectivity index (χ2v) is 3.64. The smallest absolute Gasteiger partial charge is 0.453 e. The van der Waals surface area contributed by atoms with Crippen molar-refractivity contribution in [2.45, 2.75) is 20.0 Å². The molecule has 2 heterocycles. The van der Waals surface area contributed by atoms with Crippen molar-refractivity contribution >= 4 is 11.7 Å². The van der Waals surface area contributed by atoms with Crippen LogP contribution in [0, 0.1) is 6.92 Å². The predicted molar refractivity (Wildman–Crippen MR) is 56.5 cm³/mol. The van der Waals surface area contributed by atoms with Crippen molar-refractivity contribution < 1.29 is 22.7 Å². The van der Waals surface area contributed by atoms with Crippen molar-refractivity contribution in [3.05, 3.63) is 23.3 Å². The molecule has 0 saturated heterocycles. The van der Waals surface area contributed by atoms with Gasteiger partial charge in [-0.05, 0) is 13.8 Å². The molecule has 0 spiro atoms. The van der Waals surface area contributed by atoms with Crippen LogP contribution in [0.25, 0.3) is 5.78 Å². The molecule has 0 unspecified atom stereocenters. The van der Waals surface area contributed by atoms with Gasteiger partial charge in [0.25, 0.3) is 11.6 Å². The average Bonchev–Trinajstić information content (AvgIpc) is 2.70. The maximum atomic E-state index is 12.4. The second-order valence-electron chi connectivity index (χ2n) is 3.64. The first-order valence-corrected chi connectivity index (χ1v) is 5.31. The number of aryl methyl sites for hydroxylation is 1. The number of alkyl halides is 3. The molecule has 2 rings (SSSR count). The van der Waals surface area contributed by atoms with Gasteiger partial charge in [0.2, 0.25) is 0 Å². The zero-order chi connectivity index (χ0) is 14.2. The molecule has 0 N–H and O–H groups in total. The lowest BCUT2D eigenvalue weighted by molar-refractivity contribution is -0.144. The van der Waals surface area contributed by atoms with E-state index in [9.17, 15) is 18.0 Å². The molecule has 0 atom stereocenters. The number of nitrogens with zero attached hydrogens (tertiary/aromatic N) is 4. The van der Waals surface area contributed by atoms with E-state index in [1.807, 2.05) is 0 Å². The molecule has 0 bridgehead atoms. The quantitative estimate of drug-likeness (QED) is 0.778. The number of rotatable bonds is 2. The lowest BCUT2D eigenvalue weighted by Gasteiger charge is -2.04. The third-order valence-corrected chi connectivity index (χ3v) is 2.27. The summed E-state index contributed by atoms with van der Waals surface area (Å²) in [6.07, 6.45) is -3.54. The third kappa shape index (κ3) is 2.49. The highest BCUT2D eigenvalue weighted by Crippen LogP contribution is 2.26. The van der Waals surface area contributed by atoms with E-state index in [0.29, 0.717) is 0 Å². The first kappa shape index (κ1) is 13.2. The Balaban J connectivity index is 2.53. The summed E-state index contributed by atoms with van der Waals surface area (Å²) < 4.78 is 42.9. The number of esters is 1. The highest BCUT2D eigenvalue weighted by molar-refractivity contribution is 5.90. The normalized spacial score (nSPS) is 11.8. The van der Waals surface area contributed by atoms with Crippen LogP contribution < -0.4 is 0 Å². The fourth-order valence-corrected chi connectivity index (χ4v) is 1.43. The minimum atomic E-state index is -4.66. The van der Waals surface area contributed by atoms with Gasteiger partial charge >= 0.3 is 12.1 Å². The van der Waals surface area contributed by atoms with Crippen LogP contribution >= 0.6 is 0 Å². The Hall–Kier alpha value is -2.19. The molecule has 2 aromatic rings. The van der Waals surface area contributed by atoms with E-state index in [0.717, 1.165) is 10.7 Å². The molecule has 0 aliphatic rings. The van der Waals surface area contributed by atoms with Gasteiger partial charge in [-0.1, -0.05) is 0 Å². The molecule has 0 aliphatic heterocycles. The first-order chi connectivity index (χ1) is 8.82. The number of fused-ring (bicyclic) bond motifs is 1. The minimum absolute atomic E-state index is 0.0491. The van der Waals surface area contributed by atoms with Crippen molar-refractivity contribution in [2.24, 2.45) is 0 Å². The predicted octanol–water partition coefficient (Wildman–Crippen LogP) is 1.63. The number of carbonyl (C=O) groups is 1. The largest absolute Gasteiger partial charge is 0.462 e. The van der Waals surface area contributed by atoms with Crippen molar-refractivity contribution in [3.63, 3.8) is 0 Å². The number of carbonyl (C=O) groups excluding carboxylic acids is 1. The number of hydrogen-bond donors (Lipinski definition) is 0. The van der Waals surface area contributed by atoms with E-state index < -0.39 is 18.0 Å². The van der Waals surface area contributed by atoms with Gasteiger partial charge in [0.05, 0.1) is 17.9 Å². The Labute approximate surface area is 105 Å². The summed E-state index contributed by atoms with van der Waals surface area (Å²) in [4.78, 5) is 18.6. The van der Waals surface area contributed by atoms with E-state index >= 15 is 0 Å². The molecule has 0 aromatic carbocycles. The molecule has 2 aromatic heterocycles. The van der Waals surface area contributed by atoms with Crippen LogP contribution in [0.4, 0.5) is 13.2 Å². The molecule has 19 heavy (non-hydrogen) atoms. The van der Waals surface area contributed by atoms with Gasteiger partial charge in [0.1, 0.15) is 0 Å². The average molecular weight is 274 g/mol. The topological polar surface area (TPSA) is 69.4 Å². The molecule has 0 fully saturated rings. The van der Waals surface area contributed by atoms with Crippen LogP contribution in [0.5, 0.6) is 0 Å². The molecular formula is C10H9F3N4O2. The van der Waals surface area contributed by atoms with Crippen LogP contribution in [0.3, 0.4) is 0 Å². The summed E-state index contributed by atoms with van der Waals surface area (Å²) in [6.45, 7) is 3.26. The molecule has 6 nitrogen and oxygen atoms in total. The maximum Gasteiger partial charge on any atom is 0.453 e. The van der Waals surface area contributed by atoms with Crippen LogP contribution in [0.2, 0.25) is 0 Å². The Kier molecular flexibility index (Phi) is 3.13. The SMILES string of the molecule is CCOC(=O)c1cn2nc(C(F)(F)F)nc2nc1C. The first-order valence-electron chi connectivity index (χ1n) is 5.31. The fraction of sp³-hybridized carbons (Fsp3) is 0.400. The van der Waals surface area contributed by atoms with Crippen molar-refractivity contribution in [1.29, 1.82) is 0 Å². The number of aromatic nitrogens is 4. The monoisotopic (exact) mass is 274 g/mol. The number of ether oxygens (including phenoxy) is 1. The van der Waals surface area contributed by atoms with Crippen LogP contribution in [-0.2, 0) is 10.9 Å². The van der Waals surface area contributed by atoms with Crippen LogP contribution in [0.15, 0.2) is 6.20 Å². The van der Waals surface area contributed by atoms with Crippen molar-refractivity contribution in [2.75, 3.05) is 6.61 Å². The van der Waals surface area contributed by atoms with Gasteiger partial charge in [0, 0.05) is 6.20 Å². The van der Waals surface area contributed by atoms with E-state index in [1.165, 1.54) is 6.92 Å². The number of hydrogen-bond acceptors (Lipinski definition) is 5. The van der Waals surface area contributed by atoms with Gasteiger partial charge < -0.3 is 4.74 Å². The number of halogens is 3. The van der Waals surface area contributed by atoms with Gasteiger partial charge in [-0.15, -0.1) is 5.10 Å². The Bertz CT molecular complexity index is 635. The fourth-order valence-electron chi connectivity index (χ4n) is 1.43. The van der Waals surface area contributed by atoms with E-state index in [2.05, 4.69) is 15.1 Å². The summed E-state index contributed by atoms with van der Waals surface area (Å²) in [5.41, 5.74) is 0.278. The lowest BCUT2D eigenvalue weighted by atomic mass is 10.2. The highest BCUT2D eigenvalue weighted by Gasteiger charge is 2.36. The Morgan fingerprint density at radius 3 is 2.68 bits per heavy atom.